The van der Waals surface area contributed by atoms with Gasteiger partial charge in [0, 0.05) is 52.1 Å². The van der Waals surface area contributed by atoms with Gasteiger partial charge in [-0.2, -0.15) is 0 Å². The van der Waals surface area contributed by atoms with Crippen LogP contribution in [0.2, 0.25) is 5.02 Å². The molecule has 0 aliphatic carbocycles. The molecule has 2 aliphatic heterocycles. The molecule has 12 heteroatoms. The summed E-state index contributed by atoms with van der Waals surface area (Å²) >= 11 is 7.87. The summed E-state index contributed by atoms with van der Waals surface area (Å²) in [6.45, 7) is 8.96. The molecule has 0 spiro atoms. The number of nitrogens with zero attached hydrogens (tertiary/aromatic N) is 9. The summed E-state index contributed by atoms with van der Waals surface area (Å²) in [5.74, 6) is 1.46. The number of aliphatic imine (C=N–C) groups is 1. The zero-order valence-electron chi connectivity index (χ0n) is 20.3. The molecule has 1 aromatic carbocycles. The lowest BCUT2D eigenvalue weighted by molar-refractivity contribution is -0.133. The van der Waals surface area contributed by atoms with E-state index >= 15 is 0 Å². The van der Waals surface area contributed by atoms with Crippen molar-refractivity contribution in [2.24, 2.45) is 10.1 Å². The maximum atomic E-state index is 13.4. The zero-order chi connectivity index (χ0) is 25.4. The number of aryl methyl sites for hydroxylation is 2. The molecule has 0 bridgehead atoms. The van der Waals surface area contributed by atoms with Crippen molar-refractivity contribution in [3.05, 3.63) is 72.9 Å². The van der Waals surface area contributed by atoms with E-state index in [-0.39, 0.29) is 12.3 Å². The Morgan fingerprint density at radius 1 is 1.17 bits per heavy atom. The van der Waals surface area contributed by atoms with Gasteiger partial charge in [-0.15, -0.1) is 21.5 Å². The minimum Gasteiger partial charge on any atom is -0.340 e. The van der Waals surface area contributed by atoms with Gasteiger partial charge in [-0.1, -0.05) is 28.8 Å². The first-order valence-corrected chi connectivity index (χ1v) is 12.9. The predicted molar refractivity (Wildman–Crippen MR) is 140 cm³/mol. The SMILES string of the molecule is Cc1sc2c(c1C)C(c1ccc(Cl)cc1)=N[C@@H](CC(=O)N1CCN(CN=[N+]=[N-])CC1)c1nnc(C)n1-2. The number of halogens is 1. The van der Waals surface area contributed by atoms with Gasteiger partial charge in [0.2, 0.25) is 5.91 Å². The second-order valence-corrected chi connectivity index (χ2v) is 10.6. The first-order valence-electron chi connectivity index (χ1n) is 11.7. The number of rotatable bonds is 5. The van der Waals surface area contributed by atoms with Crippen molar-refractivity contribution in [1.29, 1.82) is 0 Å². The molecule has 1 amide bonds. The van der Waals surface area contributed by atoms with Gasteiger partial charge < -0.3 is 4.90 Å². The van der Waals surface area contributed by atoms with E-state index in [0.717, 1.165) is 33.2 Å². The van der Waals surface area contributed by atoms with Crippen LogP contribution < -0.4 is 0 Å². The van der Waals surface area contributed by atoms with Crippen LogP contribution in [-0.4, -0.2) is 69.0 Å². The number of carbonyl (C=O) groups is 1. The van der Waals surface area contributed by atoms with Gasteiger partial charge in [0.15, 0.2) is 5.82 Å². The third kappa shape index (κ3) is 4.51. The highest BCUT2D eigenvalue weighted by Crippen LogP contribution is 2.39. The Morgan fingerprint density at radius 2 is 1.89 bits per heavy atom. The zero-order valence-corrected chi connectivity index (χ0v) is 21.9. The number of amides is 1. The number of azide groups is 1. The summed E-state index contributed by atoms with van der Waals surface area (Å²) in [4.78, 5) is 26.5. The highest BCUT2D eigenvalue weighted by Gasteiger charge is 2.33. The second kappa shape index (κ2) is 10.0. The van der Waals surface area contributed by atoms with Crippen LogP contribution in [-0.2, 0) is 4.79 Å². The number of hydrogen-bond donors (Lipinski definition) is 0. The molecular weight excluding hydrogens is 498 g/mol. The van der Waals surface area contributed by atoms with E-state index in [0.29, 0.717) is 43.7 Å². The van der Waals surface area contributed by atoms with Crippen molar-refractivity contribution in [3.8, 4) is 5.00 Å². The summed E-state index contributed by atoms with van der Waals surface area (Å²) in [5, 5.41) is 14.2. The first kappa shape index (κ1) is 24.5. The van der Waals surface area contributed by atoms with Crippen molar-refractivity contribution >= 4 is 34.6 Å². The van der Waals surface area contributed by atoms with Crippen LogP contribution in [0.15, 0.2) is 34.4 Å². The molecule has 4 heterocycles. The fourth-order valence-electron chi connectivity index (χ4n) is 4.68. The molecule has 2 aromatic heterocycles. The van der Waals surface area contributed by atoms with E-state index in [4.69, 9.17) is 22.1 Å². The highest BCUT2D eigenvalue weighted by molar-refractivity contribution is 7.15. The Hall–Kier alpha value is -3.24. The molecule has 1 atom stereocenters. The molecule has 5 rings (SSSR count). The van der Waals surface area contributed by atoms with Gasteiger partial charge in [-0.3, -0.25) is 19.3 Å². The van der Waals surface area contributed by atoms with Crippen molar-refractivity contribution in [2.75, 3.05) is 32.8 Å². The topological polar surface area (TPSA) is 115 Å². The Balaban J connectivity index is 1.52. The van der Waals surface area contributed by atoms with Crippen LogP contribution in [0.4, 0.5) is 0 Å². The maximum absolute atomic E-state index is 13.4. The summed E-state index contributed by atoms with van der Waals surface area (Å²) in [7, 11) is 0. The fraction of sp³-hybridized carbons (Fsp3) is 0.417. The van der Waals surface area contributed by atoms with Crippen molar-refractivity contribution < 1.29 is 4.79 Å². The Labute approximate surface area is 217 Å². The minimum absolute atomic E-state index is 0.0213. The maximum Gasteiger partial charge on any atom is 0.225 e. The molecule has 0 N–H and O–H groups in total. The lowest BCUT2D eigenvalue weighted by Crippen LogP contribution is -2.48. The number of carbonyl (C=O) groups excluding carboxylic acids is 1. The monoisotopic (exact) mass is 523 g/mol. The number of thiophene rings is 1. The molecule has 3 aromatic rings. The van der Waals surface area contributed by atoms with E-state index in [1.165, 1.54) is 4.88 Å². The lowest BCUT2D eigenvalue weighted by atomic mass is 9.99. The molecule has 36 heavy (non-hydrogen) atoms. The summed E-state index contributed by atoms with van der Waals surface area (Å²) in [6, 6.07) is 7.18. The van der Waals surface area contributed by atoms with Crippen LogP contribution in [0.1, 0.15) is 45.7 Å². The molecule has 10 nitrogen and oxygen atoms in total. The van der Waals surface area contributed by atoms with Crippen molar-refractivity contribution in [2.45, 2.75) is 33.2 Å². The van der Waals surface area contributed by atoms with Gasteiger partial charge in [-0.25, -0.2) is 0 Å². The summed E-state index contributed by atoms with van der Waals surface area (Å²) < 4.78 is 2.06. The molecule has 2 aliphatic rings. The van der Waals surface area contributed by atoms with Crippen LogP contribution in [0.5, 0.6) is 0 Å². The highest BCUT2D eigenvalue weighted by atomic mass is 35.5. The van der Waals surface area contributed by atoms with Gasteiger partial charge in [0.1, 0.15) is 16.9 Å². The van der Waals surface area contributed by atoms with Crippen LogP contribution in [0.3, 0.4) is 0 Å². The van der Waals surface area contributed by atoms with Gasteiger partial charge in [-0.05, 0) is 44.0 Å². The quantitative estimate of drug-likeness (QED) is 0.276. The van der Waals surface area contributed by atoms with E-state index in [1.54, 1.807) is 11.3 Å². The van der Waals surface area contributed by atoms with Crippen LogP contribution in [0, 0.1) is 20.8 Å². The molecule has 1 saturated heterocycles. The number of aromatic nitrogens is 3. The van der Waals surface area contributed by atoms with Gasteiger partial charge in [0.25, 0.3) is 0 Å². The molecule has 1 fully saturated rings. The summed E-state index contributed by atoms with van der Waals surface area (Å²) in [5.41, 5.74) is 12.5. The molecule has 0 saturated carbocycles. The Kier molecular flexibility index (Phi) is 6.81. The van der Waals surface area contributed by atoms with E-state index in [1.807, 2.05) is 41.0 Å². The smallest absolute Gasteiger partial charge is 0.225 e. The Morgan fingerprint density at radius 3 is 2.58 bits per heavy atom. The normalized spacial score (nSPS) is 17.6. The fourth-order valence-corrected chi connectivity index (χ4v) is 6.02. The lowest BCUT2D eigenvalue weighted by Gasteiger charge is -2.34. The number of fused-ring (bicyclic) bond motifs is 3. The van der Waals surface area contributed by atoms with Crippen LogP contribution >= 0.6 is 22.9 Å². The molecule has 0 radical (unpaired) electrons. The van der Waals surface area contributed by atoms with Crippen LogP contribution in [0.25, 0.3) is 15.4 Å². The average Bonchev–Trinajstić information content (AvgIpc) is 3.35. The van der Waals surface area contributed by atoms with E-state index < -0.39 is 6.04 Å². The third-order valence-electron chi connectivity index (χ3n) is 6.78. The van der Waals surface area contributed by atoms with E-state index in [2.05, 4.69) is 38.6 Å². The third-order valence-corrected chi connectivity index (χ3v) is 8.22. The summed E-state index contributed by atoms with van der Waals surface area (Å²) in [6.07, 6.45) is 0.193. The standard InChI is InChI=1S/C24H26ClN9OS/c1-14-15(2)36-24-21(14)22(17-4-6-18(25)7-5-17)28-19(23-30-29-16(3)34(23)24)12-20(35)33-10-8-32(9-11-33)13-27-31-26/h4-7,19H,8-13H2,1-3H3/t19-/m0/s1. The van der Waals surface area contributed by atoms with Crippen molar-refractivity contribution in [3.63, 3.8) is 0 Å². The second-order valence-electron chi connectivity index (χ2n) is 8.98. The number of hydrogen-bond acceptors (Lipinski definition) is 7. The molecule has 186 valence electrons. The molecule has 0 unspecified atom stereocenters. The predicted octanol–water partition coefficient (Wildman–Crippen LogP) is 4.60. The largest absolute Gasteiger partial charge is 0.340 e. The minimum atomic E-state index is -0.482. The average molecular weight is 524 g/mol. The first-order chi connectivity index (χ1) is 17.4. The Bertz CT molecular complexity index is 1380. The molecular formula is C24H26ClN9OS. The van der Waals surface area contributed by atoms with Gasteiger partial charge >= 0.3 is 0 Å². The van der Waals surface area contributed by atoms with Crippen molar-refractivity contribution in [1.82, 2.24) is 24.6 Å². The number of benzene rings is 1. The van der Waals surface area contributed by atoms with Gasteiger partial charge in [0.05, 0.1) is 18.8 Å². The number of piperazine rings is 1. The van der Waals surface area contributed by atoms with E-state index in [9.17, 15) is 4.79 Å².